The quantitative estimate of drug-likeness (QED) is 0.798. The van der Waals surface area contributed by atoms with Gasteiger partial charge in [-0.05, 0) is 42.5 Å². The van der Waals surface area contributed by atoms with E-state index in [1.165, 1.54) is 6.07 Å². The van der Waals surface area contributed by atoms with Gasteiger partial charge in [0, 0.05) is 11.3 Å². The first-order chi connectivity index (χ1) is 9.77. The molecule has 21 heavy (non-hydrogen) atoms. The van der Waals surface area contributed by atoms with E-state index in [1.54, 1.807) is 24.3 Å². The van der Waals surface area contributed by atoms with E-state index in [1.807, 2.05) is 0 Å². The molecular formula is C14H10ClF3N2S. The summed E-state index contributed by atoms with van der Waals surface area (Å²) in [5.41, 5.74) is 6.13. The van der Waals surface area contributed by atoms with Gasteiger partial charge < -0.3 is 11.1 Å². The third kappa shape index (κ3) is 3.86. The lowest BCUT2D eigenvalue weighted by Gasteiger charge is -2.12. The lowest BCUT2D eigenvalue weighted by molar-refractivity contribution is -0.137. The summed E-state index contributed by atoms with van der Waals surface area (Å²) < 4.78 is 38.0. The van der Waals surface area contributed by atoms with Gasteiger partial charge in [0.1, 0.15) is 4.99 Å². The molecule has 0 amide bonds. The van der Waals surface area contributed by atoms with Gasteiger partial charge in [0.25, 0.3) is 0 Å². The molecule has 0 aliphatic carbocycles. The summed E-state index contributed by atoms with van der Waals surface area (Å²) in [6.07, 6.45) is -4.42. The Hall–Kier alpha value is -1.79. The maximum atomic E-state index is 12.7. The molecule has 0 saturated heterocycles. The van der Waals surface area contributed by atoms with Crippen molar-refractivity contribution < 1.29 is 13.2 Å². The second-order valence-corrected chi connectivity index (χ2v) is 5.11. The monoisotopic (exact) mass is 330 g/mol. The molecule has 0 bridgehead atoms. The van der Waals surface area contributed by atoms with Crippen LogP contribution in [0.15, 0.2) is 42.5 Å². The van der Waals surface area contributed by atoms with E-state index in [-0.39, 0.29) is 15.7 Å². The van der Waals surface area contributed by atoms with Crippen molar-refractivity contribution in [1.82, 2.24) is 0 Å². The van der Waals surface area contributed by atoms with Crippen LogP contribution in [0, 0.1) is 0 Å². The molecule has 0 radical (unpaired) electrons. The number of hydrogen-bond acceptors (Lipinski definition) is 2. The Morgan fingerprint density at radius 1 is 1.10 bits per heavy atom. The Labute approximate surface area is 129 Å². The maximum Gasteiger partial charge on any atom is 0.416 e. The van der Waals surface area contributed by atoms with E-state index in [0.717, 1.165) is 12.1 Å². The third-order valence-electron chi connectivity index (χ3n) is 2.74. The van der Waals surface area contributed by atoms with E-state index >= 15 is 0 Å². The van der Waals surface area contributed by atoms with Crippen LogP contribution in [0.2, 0.25) is 5.02 Å². The topological polar surface area (TPSA) is 38.0 Å². The maximum absolute atomic E-state index is 12.7. The Bertz CT molecular complexity index is 669. The molecule has 3 N–H and O–H groups in total. The molecule has 0 atom stereocenters. The normalized spacial score (nSPS) is 11.2. The zero-order valence-corrected chi connectivity index (χ0v) is 12.1. The summed E-state index contributed by atoms with van der Waals surface area (Å²) in [6, 6.07) is 9.76. The average Bonchev–Trinajstić information content (AvgIpc) is 2.40. The highest BCUT2D eigenvalue weighted by Crippen LogP contribution is 2.34. The van der Waals surface area contributed by atoms with Gasteiger partial charge in [-0.1, -0.05) is 23.8 Å². The Kier molecular flexibility index (Phi) is 4.39. The molecule has 0 spiro atoms. The number of nitrogens with one attached hydrogen (secondary N) is 1. The molecule has 0 aliphatic heterocycles. The highest BCUT2D eigenvalue weighted by molar-refractivity contribution is 7.80. The minimum atomic E-state index is -4.42. The van der Waals surface area contributed by atoms with E-state index in [9.17, 15) is 13.2 Å². The summed E-state index contributed by atoms with van der Waals surface area (Å²) in [6.45, 7) is 0. The second kappa shape index (κ2) is 5.91. The Balaban J connectivity index is 2.28. The van der Waals surface area contributed by atoms with E-state index in [0.29, 0.717) is 11.3 Å². The van der Waals surface area contributed by atoms with Crippen LogP contribution in [0.5, 0.6) is 0 Å². The Morgan fingerprint density at radius 2 is 1.71 bits per heavy atom. The van der Waals surface area contributed by atoms with Crippen molar-refractivity contribution in [2.75, 3.05) is 5.32 Å². The van der Waals surface area contributed by atoms with Gasteiger partial charge in [-0.15, -0.1) is 0 Å². The van der Waals surface area contributed by atoms with Gasteiger partial charge >= 0.3 is 6.18 Å². The number of halogens is 4. The molecule has 110 valence electrons. The lowest BCUT2D eigenvalue weighted by Crippen LogP contribution is -2.09. The van der Waals surface area contributed by atoms with Crippen LogP contribution in [0.25, 0.3) is 0 Å². The standard InChI is InChI=1S/C14H10ClF3N2S/c15-11-6-3-9(14(16,17)18)7-12(11)20-10-4-1-8(2-5-10)13(19)21/h1-7,20H,(H2,19,21). The van der Waals surface area contributed by atoms with Gasteiger partial charge in [0.05, 0.1) is 16.3 Å². The fraction of sp³-hybridized carbons (Fsp3) is 0.0714. The van der Waals surface area contributed by atoms with Crippen LogP contribution in [0.1, 0.15) is 11.1 Å². The average molecular weight is 331 g/mol. The minimum absolute atomic E-state index is 0.176. The first kappa shape index (κ1) is 15.6. The zero-order valence-electron chi connectivity index (χ0n) is 10.5. The van der Waals surface area contributed by atoms with Crippen molar-refractivity contribution in [1.29, 1.82) is 0 Å². The first-order valence-corrected chi connectivity index (χ1v) is 6.59. The van der Waals surface area contributed by atoms with Gasteiger partial charge in [-0.2, -0.15) is 13.2 Å². The number of anilines is 2. The van der Waals surface area contributed by atoms with Crippen molar-refractivity contribution in [3.05, 3.63) is 58.6 Å². The van der Waals surface area contributed by atoms with Crippen molar-refractivity contribution in [2.24, 2.45) is 5.73 Å². The lowest BCUT2D eigenvalue weighted by atomic mass is 10.1. The molecule has 2 nitrogen and oxygen atoms in total. The molecule has 0 aromatic heterocycles. The number of hydrogen-bond donors (Lipinski definition) is 2. The van der Waals surface area contributed by atoms with Gasteiger partial charge in [0.2, 0.25) is 0 Å². The molecule has 0 fully saturated rings. The molecule has 2 rings (SSSR count). The fourth-order valence-corrected chi connectivity index (χ4v) is 1.97. The Morgan fingerprint density at radius 3 is 2.24 bits per heavy atom. The van der Waals surface area contributed by atoms with E-state index in [2.05, 4.69) is 5.32 Å². The summed E-state index contributed by atoms with van der Waals surface area (Å²) in [5.74, 6) is 0. The molecule has 0 aliphatic rings. The SMILES string of the molecule is NC(=S)c1ccc(Nc2cc(C(F)(F)F)ccc2Cl)cc1. The smallest absolute Gasteiger partial charge is 0.389 e. The highest BCUT2D eigenvalue weighted by atomic mass is 35.5. The van der Waals surface area contributed by atoms with Crippen LogP contribution in [0.3, 0.4) is 0 Å². The van der Waals surface area contributed by atoms with Gasteiger partial charge in [-0.3, -0.25) is 0 Å². The van der Waals surface area contributed by atoms with Crippen LogP contribution in [0.4, 0.5) is 24.5 Å². The van der Waals surface area contributed by atoms with Crippen LogP contribution in [-0.2, 0) is 6.18 Å². The molecule has 0 unspecified atom stereocenters. The predicted molar refractivity (Wildman–Crippen MR) is 82.1 cm³/mol. The number of alkyl halides is 3. The number of thiocarbonyl (C=S) groups is 1. The number of rotatable bonds is 3. The fourth-order valence-electron chi connectivity index (χ4n) is 1.67. The first-order valence-electron chi connectivity index (χ1n) is 5.81. The van der Waals surface area contributed by atoms with Crippen molar-refractivity contribution in [3.63, 3.8) is 0 Å². The second-order valence-electron chi connectivity index (χ2n) is 4.26. The predicted octanol–water partition coefficient (Wildman–Crippen LogP) is 4.74. The van der Waals surface area contributed by atoms with Crippen molar-refractivity contribution in [2.45, 2.75) is 6.18 Å². The van der Waals surface area contributed by atoms with E-state index < -0.39 is 11.7 Å². The van der Waals surface area contributed by atoms with Crippen LogP contribution < -0.4 is 11.1 Å². The number of nitrogens with two attached hydrogens (primary N) is 1. The van der Waals surface area contributed by atoms with E-state index in [4.69, 9.17) is 29.6 Å². The molecule has 0 heterocycles. The van der Waals surface area contributed by atoms with Crippen LogP contribution in [-0.4, -0.2) is 4.99 Å². The third-order valence-corrected chi connectivity index (χ3v) is 3.31. The van der Waals surface area contributed by atoms with Crippen LogP contribution >= 0.6 is 23.8 Å². The molecule has 2 aromatic carbocycles. The summed E-state index contributed by atoms with van der Waals surface area (Å²) in [5, 5.41) is 3.03. The molecule has 2 aromatic rings. The molecule has 0 saturated carbocycles. The highest BCUT2D eigenvalue weighted by Gasteiger charge is 2.30. The minimum Gasteiger partial charge on any atom is -0.389 e. The van der Waals surface area contributed by atoms with Crippen molar-refractivity contribution in [3.8, 4) is 0 Å². The van der Waals surface area contributed by atoms with Gasteiger partial charge in [0.15, 0.2) is 0 Å². The largest absolute Gasteiger partial charge is 0.416 e. The van der Waals surface area contributed by atoms with Gasteiger partial charge in [-0.25, -0.2) is 0 Å². The summed E-state index contributed by atoms with van der Waals surface area (Å²) >= 11 is 10.7. The van der Waals surface area contributed by atoms with Crippen molar-refractivity contribution >= 4 is 40.2 Å². The zero-order chi connectivity index (χ0) is 15.6. The number of benzene rings is 2. The molecular weight excluding hydrogens is 321 g/mol. The summed E-state index contributed by atoms with van der Waals surface area (Å²) in [7, 11) is 0. The molecule has 7 heteroatoms. The summed E-state index contributed by atoms with van der Waals surface area (Å²) in [4.78, 5) is 0.249.